The van der Waals surface area contributed by atoms with Gasteiger partial charge in [0.1, 0.15) is 0 Å². The van der Waals surface area contributed by atoms with Gasteiger partial charge in [-0.2, -0.15) is 0 Å². The minimum Gasteiger partial charge on any atom is -0.311 e. The first-order chi connectivity index (χ1) is 6.86. The van der Waals surface area contributed by atoms with E-state index in [9.17, 15) is 0 Å². The van der Waals surface area contributed by atoms with E-state index >= 15 is 0 Å². The Balaban J connectivity index is 1.80. The Morgan fingerprint density at radius 2 is 1.20 bits per heavy atom. The molecule has 2 saturated carbocycles. The number of hydrogen-bond donors (Lipinski definition) is 1. The summed E-state index contributed by atoms with van der Waals surface area (Å²) in [6.45, 7) is 9.64. The van der Waals surface area contributed by atoms with Crippen molar-refractivity contribution in [1.29, 1.82) is 0 Å². The Labute approximate surface area is 95.0 Å². The fourth-order valence-electron chi connectivity index (χ4n) is 3.49. The van der Waals surface area contributed by atoms with E-state index in [1.165, 1.54) is 38.5 Å². The summed E-state index contributed by atoms with van der Waals surface area (Å²) in [7, 11) is 0. The van der Waals surface area contributed by atoms with Crippen LogP contribution in [0.3, 0.4) is 0 Å². The molecule has 2 rings (SSSR count). The van der Waals surface area contributed by atoms with Crippen molar-refractivity contribution < 1.29 is 0 Å². The van der Waals surface area contributed by atoms with E-state index in [0.717, 1.165) is 12.1 Å². The lowest BCUT2D eigenvalue weighted by Gasteiger charge is -2.22. The Kier molecular flexibility index (Phi) is 2.87. The monoisotopic (exact) mass is 209 g/mol. The van der Waals surface area contributed by atoms with Gasteiger partial charge in [-0.1, -0.05) is 27.7 Å². The van der Waals surface area contributed by atoms with Gasteiger partial charge in [0, 0.05) is 12.1 Å². The van der Waals surface area contributed by atoms with Crippen LogP contribution < -0.4 is 5.32 Å². The standard InChI is InChI=1S/C14H27N/c1-13(2)7-5-11(9-13)15-12-6-8-14(3,4)10-12/h11-12,15H,5-10H2,1-4H3. The van der Waals surface area contributed by atoms with Gasteiger partial charge in [0.15, 0.2) is 0 Å². The molecule has 0 bridgehead atoms. The summed E-state index contributed by atoms with van der Waals surface area (Å²) in [6, 6.07) is 1.61. The molecule has 2 aliphatic carbocycles. The van der Waals surface area contributed by atoms with Crippen LogP contribution in [0.5, 0.6) is 0 Å². The molecule has 88 valence electrons. The zero-order valence-corrected chi connectivity index (χ0v) is 10.9. The average molecular weight is 209 g/mol. The van der Waals surface area contributed by atoms with Gasteiger partial charge < -0.3 is 5.32 Å². The maximum absolute atomic E-state index is 3.89. The largest absolute Gasteiger partial charge is 0.311 e. The van der Waals surface area contributed by atoms with Crippen LogP contribution in [0.25, 0.3) is 0 Å². The lowest BCUT2D eigenvalue weighted by molar-refractivity contribution is 0.333. The van der Waals surface area contributed by atoms with E-state index in [1.807, 2.05) is 0 Å². The molecule has 1 nitrogen and oxygen atoms in total. The fourth-order valence-corrected chi connectivity index (χ4v) is 3.49. The van der Waals surface area contributed by atoms with Crippen molar-refractivity contribution in [2.24, 2.45) is 10.8 Å². The maximum Gasteiger partial charge on any atom is 0.00749 e. The van der Waals surface area contributed by atoms with Crippen LogP contribution in [-0.2, 0) is 0 Å². The van der Waals surface area contributed by atoms with Crippen molar-refractivity contribution in [2.45, 2.75) is 78.3 Å². The van der Waals surface area contributed by atoms with Gasteiger partial charge in [-0.25, -0.2) is 0 Å². The van der Waals surface area contributed by atoms with Crippen molar-refractivity contribution in [3.05, 3.63) is 0 Å². The van der Waals surface area contributed by atoms with Crippen molar-refractivity contribution in [3.63, 3.8) is 0 Å². The van der Waals surface area contributed by atoms with Gasteiger partial charge in [-0.05, 0) is 49.4 Å². The predicted molar refractivity (Wildman–Crippen MR) is 66.0 cm³/mol. The third-order valence-electron chi connectivity index (χ3n) is 4.41. The summed E-state index contributed by atoms with van der Waals surface area (Å²) < 4.78 is 0. The highest BCUT2D eigenvalue weighted by atomic mass is 15.0. The lowest BCUT2D eigenvalue weighted by Crippen LogP contribution is -2.36. The second kappa shape index (κ2) is 3.76. The van der Waals surface area contributed by atoms with E-state index in [4.69, 9.17) is 0 Å². The predicted octanol–water partition coefficient (Wildman–Crippen LogP) is 3.73. The van der Waals surface area contributed by atoms with E-state index in [2.05, 4.69) is 33.0 Å². The summed E-state index contributed by atoms with van der Waals surface area (Å²) in [5.41, 5.74) is 1.18. The van der Waals surface area contributed by atoms with Crippen molar-refractivity contribution in [3.8, 4) is 0 Å². The molecule has 0 aromatic heterocycles. The summed E-state index contributed by atoms with van der Waals surface area (Å²) in [5.74, 6) is 0. The number of nitrogens with one attached hydrogen (secondary N) is 1. The van der Waals surface area contributed by atoms with E-state index in [0.29, 0.717) is 10.8 Å². The van der Waals surface area contributed by atoms with Crippen LogP contribution in [0.2, 0.25) is 0 Å². The van der Waals surface area contributed by atoms with Gasteiger partial charge in [-0.3, -0.25) is 0 Å². The Morgan fingerprint density at radius 1 is 0.800 bits per heavy atom. The molecule has 0 radical (unpaired) electrons. The molecular formula is C14H27N. The Morgan fingerprint density at radius 3 is 1.47 bits per heavy atom. The van der Waals surface area contributed by atoms with Crippen LogP contribution in [0, 0.1) is 10.8 Å². The molecule has 0 aliphatic heterocycles. The quantitative estimate of drug-likeness (QED) is 0.730. The van der Waals surface area contributed by atoms with Gasteiger partial charge in [0.05, 0.1) is 0 Å². The van der Waals surface area contributed by atoms with Crippen LogP contribution in [-0.4, -0.2) is 12.1 Å². The minimum absolute atomic E-state index is 0.589. The zero-order chi connectivity index (χ0) is 11.1. The average Bonchev–Trinajstić information content (AvgIpc) is 2.56. The first-order valence-corrected chi connectivity index (χ1v) is 6.62. The molecule has 1 heteroatoms. The van der Waals surface area contributed by atoms with Crippen LogP contribution >= 0.6 is 0 Å². The smallest absolute Gasteiger partial charge is 0.00749 e. The third-order valence-corrected chi connectivity index (χ3v) is 4.41. The molecule has 2 atom stereocenters. The molecule has 2 aliphatic rings. The van der Waals surface area contributed by atoms with Crippen molar-refractivity contribution >= 4 is 0 Å². The van der Waals surface area contributed by atoms with Gasteiger partial charge in [-0.15, -0.1) is 0 Å². The summed E-state index contributed by atoms with van der Waals surface area (Å²) in [6.07, 6.45) is 8.35. The van der Waals surface area contributed by atoms with Gasteiger partial charge in [0.25, 0.3) is 0 Å². The molecule has 15 heavy (non-hydrogen) atoms. The number of rotatable bonds is 2. The Hall–Kier alpha value is -0.0400. The molecule has 0 heterocycles. The van der Waals surface area contributed by atoms with E-state index < -0.39 is 0 Å². The van der Waals surface area contributed by atoms with Crippen LogP contribution in [0.1, 0.15) is 66.2 Å². The number of hydrogen-bond acceptors (Lipinski definition) is 1. The van der Waals surface area contributed by atoms with Crippen molar-refractivity contribution in [2.75, 3.05) is 0 Å². The van der Waals surface area contributed by atoms with Gasteiger partial charge >= 0.3 is 0 Å². The summed E-state index contributed by atoms with van der Waals surface area (Å²) >= 11 is 0. The molecule has 0 aromatic rings. The normalized spacial score (nSPS) is 38.4. The minimum atomic E-state index is 0.589. The van der Waals surface area contributed by atoms with Gasteiger partial charge in [0.2, 0.25) is 0 Å². The zero-order valence-electron chi connectivity index (χ0n) is 10.9. The molecule has 2 fully saturated rings. The molecule has 0 amide bonds. The second-order valence-electron chi connectivity index (χ2n) is 7.37. The highest BCUT2D eigenvalue weighted by Crippen LogP contribution is 2.40. The summed E-state index contributed by atoms with van der Waals surface area (Å²) in [5, 5.41) is 3.89. The molecule has 2 unspecified atom stereocenters. The highest BCUT2D eigenvalue weighted by molar-refractivity contribution is 4.92. The molecule has 0 aromatic carbocycles. The van der Waals surface area contributed by atoms with E-state index in [1.54, 1.807) is 0 Å². The first-order valence-electron chi connectivity index (χ1n) is 6.62. The SMILES string of the molecule is CC1(C)CCC(NC2CCC(C)(C)C2)C1. The highest BCUT2D eigenvalue weighted by Gasteiger charge is 2.35. The van der Waals surface area contributed by atoms with Crippen LogP contribution in [0.15, 0.2) is 0 Å². The second-order valence-corrected chi connectivity index (χ2v) is 7.37. The molecular weight excluding hydrogens is 182 g/mol. The maximum atomic E-state index is 3.89. The van der Waals surface area contributed by atoms with Crippen molar-refractivity contribution in [1.82, 2.24) is 5.32 Å². The fraction of sp³-hybridized carbons (Fsp3) is 1.00. The molecule has 0 saturated heterocycles. The first kappa shape index (κ1) is 11.4. The summed E-state index contributed by atoms with van der Waals surface area (Å²) in [4.78, 5) is 0. The third kappa shape index (κ3) is 2.96. The Bertz CT molecular complexity index is 205. The molecule has 0 spiro atoms. The molecule has 1 N–H and O–H groups in total. The topological polar surface area (TPSA) is 12.0 Å². The lowest BCUT2D eigenvalue weighted by atomic mass is 9.91. The van der Waals surface area contributed by atoms with E-state index in [-0.39, 0.29) is 0 Å². The van der Waals surface area contributed by atoms with Crippen LogP contribution in [0.4, 0.5) is 0 Å².